The number of esters is 5. The molecule has 0 N–H and O–H groups in total. The van der Waals surface area contributed by atoms with Crippen molar-refractivity contribution in [3.63, 3.8) is 0 Å². The zero-order valence-corrected chi connectivity index (χ0v) is 35.1. The summed E-state index contributed by atoms with van der Waals surface area (Å²) in [6, 6.07) is 34.6. The average molecular weight is 873 g/mol. The van der Waals surface area contributed by atoms with Crippen molar-refractivity contribution in [2.75, 3.05) is 39.8 Å². The van der Waals surface area contributed by atoms with Crippen molar-refractivity contribution in [3.8, 4) is 28.7 Å². The molecule has 332 valence electrons. The normalized spacial score (nSPS) is 10.9. The minimum Gasteiger partial charge on any atom is -0.494 e. The number of unbranched alkanes of at least 4 members (excludes halogenated alkanes) is 2. The number of carbonyl (C=O) groups excluding carboxylic acids is 5. The van der Waals surface area contributed by atoms with Crippen molar-refractivity contribution in [2.24, 2.45) is 0 Å². The fourth-order valence-corrected chi connectivity index (χ4v) is 5.55. The molecule has 0 saturated heterocycles. The Morgan fingerprint density at radius 2 is 0.844 bits per heavy atom. The molecule has 0 heterocycles. The van der Waals surface area contributed by atoms with Gasteiger partial charge in [0.1, 0.15) is 35.4 Å². The van der Waals surface area contributed by atoms with E-state index in [0.29, 0.717) is 73.2 Å². The van der Waals surface area contributed by atoms with E-state index in [9.17, 15) is 24.0 Å². The van der Waals surface area contributed by atoms with Gasteiger partial charge in [0, 0.05) is 12.2 Å². The SMILES string of the molecule is C=CC(=O)OCCCCOc1ccc(OCOc2ccc(C(=O)OC(COC(=O)c3ccc(OC(=O)c4ccc(OCCCCOC(=O)C=C)cc4)cc3)c3ccccc3)cc2)cc1. The van der Waals surface area contributed by atoms with Crippen molar-refractivity contribution in [3.05, 3.63) is 175 Å². The van der Waals surface area contributed by atoms with Gasteiger partial charge in [-0.3, -0.25) is 0 Å². The lowest BCUT2D eigenvalue weighted by atomic mass is 10.1. The van der Waals surface area contributed by atoms with Gasteiger partial charge in [0.2, 0.25) is 6.79 Å². The predicted octanol–water partition coefficient (Wildman–Crippen LogP) is 8.85. The molecular formula is C50H48O14. The van der Waals surface area contributed by atoms with Crippen LogP contribution in [-0.4, -0.2) is 69.7 Å². The molecule has 0 aliphatic carbocycles. The third kappa shape index (κ3) is 16.2. The van der Waals surface area contributed by atoms with Crippen LogP contribution >= 0.6 is 0 Å². The van der Waals surface area contributed by atoms with Crippen LogP contribution in [0.4, 0.5) is 0 Å². The van der Waals surface area contributed by atoms with E-state index in [1.807, 2.05) is 6.07 Å². The summed E-state index contributed by atoms with van der Waals surface area (Å²) in [6.07, 6.45) is 4.02. The fraction of sp³-hybridized carbons (Fsp3) is 0.220. The number of benzene rings is 5. The van der Waals surface area contributed by atoms with Gasteiger partial charge in [-0.2, -0.15) is 0 Å². The van der Waals surface area contributed by atoms with Crippen LogP contribution < -0.4 is 23.7 Å². The van der Waals surface area contributed by atoms with Gasteiger partial charge in [0.05, 0.1) is 43.1 Å². The van der Waals surface area contributed by atoms with E-state index >= 15 is 0 Å². The van der Waals surface area contributed by atoms with Gasteiger partial charge in [0.25, 0.3) is 0 Å². The Labute approximate surface area is 370 Å². The highest BCUT2D eigenvalue weighted by molar-refractivity contribution is 5.92. The Morgan fingerprint density at radius 3 is 1.33 bits per heavy atom. The third-order valence-corrected chi connectivity index (χ3v) is 8.98. The smallest absolute Gasteiger partial charge is 0.343 e. The van der Waals surface area contributed by atoms with E-state index < -0.39 is 36.0 Å². The first-order valence-electron chi connectivity index (χ1n) is 20.4. The second-order valence-corrected chi connectivity index (χ2v) is 13.6. The van der Waals surface area contributed by atoms with Crippen LogP contribution in [0.5, 0.6) is 28.7 Å². The summed E-state index contributed by atoms with van der Waals surface area (Å²) in [7, 11) is 0. The lowest BCUT2D eigenvalue weighted by Gasteiger charge is -2.19. The van der Waals surface area contributed by atoms with Crippen LogP contribution in [0, 0.1) is 0 Å². The molecule has 0 spiro atoms. The molecule has 0 fully saturated rings. The average Bonchev–Trinajstić information content (AvgIpc) is 3.33. The predicted molar refractivity (Wildman–Crippen MR) is 234 cm³/mol. The minimum atomic E-state index is -0.918. The Bertz CT molecular complexity index is 2270. The topological polar surface area (TPSA) is 168 Å². The van der Waals surface area contributed by atoms with Crippen molar-refractivity contribution in [1.29, 1.82) is 0 Å². The summed E-state index contributed by atoms with van der Waals surface area (Å²) in [5.41, 5.74) is 1.36. The monoisotopic (exact) mass is 872 g/mol. The van der Waals surface area contributed by atoms with E-state index in [-0.39, 0.29) is 36.9 Å². The first-order chi connectivity index (χ1) is 31.2. The number of hydrogen-bond donors (Lipinski definition) is 0. The van der Waals surface area contributed by atoms with Gasteiger partial charge in [-0.15, -0.1) is 0 Å². The first-order valence-corrected chi connectivity index (χ1v) is 20.4. The van der Waals surface area contributed by atoms with Gasteiger partial charge >= 0.3 is 29.8 Å². The zero-order chi connectivity index (χ0) is 45.4. The summed E-state index contributed by atoms with van der Waals surface area (Å²) >= 11 is 0. The largest absolute Gasteiger partial charge is 0.494 e. The number of hydrogen-bond acceptors (Lipinski definition) is 14. The third-order valence-electron chi connectivity index (χ3n) is 8.98. The molecule has 0 radical (unpaired) electrons. The highest BCUT2D eigenvalue weighted by Crippen LogP contribution is 2.24. The van der Waals surface area contributed by atoms with Crippen LogP contribution in [0.1, 0.15) is 68.4 Å². The number of ether oxygens (including phenoxy) is 9. The standard InChI is InChI=1S/C50H48O14/c1-3-46(51)58-32-10-8-30-56-40-20-14-38(15-21-40)49(54)63-44-24-18-37(19-25-44)48(53)60-34-45(36-12-6-5-7-13-36)64-50(55)39-16-22-42(23-17-39)61-35-62-43-28-26-41(27-29-43)57-31-9-11-33-59-47(52)4-2/h3-7,12-29,45H,1-2,8-11,30-35H2. The zero-order valence-electron chi connectivity index (χ0n) is 35.1. The van der Waals surface area contributed by atoms with Gasteiger partial charge in [0.15, 0.2) is 6.10 Å². The molecule has 1 unspecified atom stereocenters. The highest BCUT2D eigenvalue weighted by Gasteiger charge is 2.21. The maximum atomic E-state index is 13.3. The molecule has 5 rings (SSSR count). The molecule has 0 aromatic heterocycles. The summed E-state index contributed by atoms with van der Waals surface area (Å²) in [5.74, 6) is -0.345. The molecule has 5 aromatic carbocycles. The van der Waals surface area contributed by atoms with Crippen LogP contribution in [0.25, 0.3) is 0 Å². The molecule has 14 heteroatoms. The molecule has 0 aliphatic heterocycles. The molecule has 64 heavy (non-hydrogen) atoms. The Hall–Kier alpha value is -7.87. The van der Waals surface area contributed by atoms with E-state index in [4.69, 9.17) is 42.6 Å². The molecule has 5 aromatic rings. The number of rotatable bonds is 26. The molecule has 14 nitrogen and oxygen atoms in total. The van der Waals surface area contributed by atoms with Crippen molar-refractivity contribution in [1.82, 2.24) is 0 Å². The van der Waals surface area contributed by atoms with Gasteiger partial charge in [-0.1, -0.05) is 43.5 Å². The molecule has 1 atom stereocenters. The van der Waals surface area contributed by atoms with E-state index in [1.165, 1.54) is 24.3 Å². The minimum absolute atomic E-state index is 0.0870. The van der Waals surface area contributed by atoms with E-state index in [2.05, 4.69) is 13.2 Å². The molecule has 0 aliphatic rings. The van der Waals surface area contributed by atoms with Crippen LogP contribution in [0.15, 0.2) is 153 Å². The second-order valence-electron chi connectivity index (χ2n) is 13.6. The van der Waals surface area contributed by atoms with Crippen molar-refractivity contribution < 1.29 is 66.6 Å². The molecule has 0 saturated carbocycles. The highest BCUT2D eigenvalue weighted by atomic mass is 16.7. The van der Waals surface area contributed by atoms with Gasteiger partial charge in [-0.05, 0) is 128 Å². The summed E-state index contributed by atoms with van der Waals surface area (Å²) in [6.45, 7) is 7.82. The van der Waals surface area contributed by atoms with Gasteiger partial charge < -0.3 is 42.6 Å². The Morgan fingerprint density at radius 1 is 0.438 bits per heavy atom. The summed E-state index contributed by atoms with van der Waals surface area (Å²) in [4.78, 5) is 61.2. The molecular weight excluding hydrogens is 825 g/mol. The van der Waals surface area contributed by atoms with Crippen LogP contribution in [-0.2, 0) is 28.5 Å². The van der Waals surface area contributed by atoms with Gasteiger partial charge in [-0.25, -0.2) is 24.0 Å². The van der Waals surface area contributed by atoms with Crippen LogP contribution in [0.2, 0.25) is 0 Å². The Kier molecular flexibility index (Phi) is 19.0. The second kappa shape index (κ2) is 25.8. The van der Waals surface area contributed by atoms with E-state index in [0.717, 1.165) is 18.6 Å². The van der Waals surface area contributed by atoms with Crippen molar-refractivity contribution >= 4 is 29.8 Å². The maximum absolute atomic E-state index is 13.3. The lowest BCUT2D eigenvalue weighted by molar-refractivity contribution is -0.138. The fourth-order valence-electron chi connectivity index (χ4n) is 5.55. The van der Waals surface area contributed by atoms with Crippen LogP contribution in [0.3, 0.4) is 0 Å². The summed E-state index contributed by atoms with van der Waals surface area (Å²) < 4.78 is 49.5. The molecule has 0 bridgehead atoms. The molecule has 0 amide bonds. The lowest BCUT2D eigenvalue weighted by Crippen LogP contribution is -2.19. The number of carbonyl (C=O) groups is 5. The maximum Gasteiger partial charge on any atom is 0.343 e. The van der Waals surface area contributed by atoms with E-state index in [1.54, 1.807) is 97.1 Å². The Balaban J connectivity index is 1.03. The quantitative estimate of drug-likeness (QED) is 0.0129. The summed E-state index contributed by atoms with van der Waals surface area (Å²) in [5, 5.41) is 0. The first kappa shape index (κ1) is 47.2. The van der Waals surface area contributed by atoms with Crippen molar-refractivity contribution in [2.45, 2.75) is 31.8 Å².